The zero-order chi connectivity index (χ0) is 15.0. The monoisotopic (exact) mass is 369 g/mol. The van der Waals surface area contributed by atoms with E-state index < -0.39 is 0 Å². The summed E-state index contributed by atoms with van der Waals surface area (Å²) in [6, 6.07) is 6.87. The molecule has 2 aromatic rings. The first-order valence-corrected chi connectivity index (χ1v) is 8.86. The fourth-order valence-electron chi connectivity index (χ4n) is 3.19. The van der Waals surface area contributed by atoms with Crippen LogP contribution in [0.1, 0.15) is 26.1 Å². The summed E-state index contributed by atoms with van der Waals surface area (Å²) in [7, 11) is 0. The molecule has 0 N–H and O–H groups in total. The van der Waals surface area contributed by atoms with Crippen LogP contribution in [0.4, 0.5) is 0 Å². The quantitative estimate of drug-likeness (QED) is 0.750. The normalized spacial score (nSPS) is 20.0. The Morgan fingerprint density at radius 1 is 1.43 bits per heavy atom. The van der Waals surface area contributed by atoms with E-state index in [0.717, 1.165) is 22.4 Å². The van der Waals surface area contributed by atoms with Crippen LogP contribution in [0.2, 0.25) is 0 Å². The number of benzene rings is 1. The molecule has 1 fully saturated rings. The fourth-order valence-corrected chi connectivity index (χ4v) is 3.74. The topological polar surface area (TPSA) is 21.1 Å². The largest absolute Gasteiger partial charge is 0.327 e. The second kappa shape index (κ2) is 6.27. The third-order valence-electron chi connectivity index (χ3n) is 4.40. The molecule has 0 amide bonds. The Kier molecular flexibility index (Phi) is 4.57. The molecule has 5 heteroatoms. The minimum atomic E-state index is 0.465. The number of alkyl halides is 1. The minimum absolute atomic E-state index is 0.465. The standard InChI is InChI=1S/C16H21BrClN3/c1-11(2)20-6-5-12(9-20)10-21-15-7-13(17)3-4-14(15)19-16(21)8-18/h3-4,7,11-12H,5-6,8-10H2,1-2H3. The van der Waals surface area contributed by atoms with Crippen LogP contribution in [-0.2, 0) is 12.4 Å². The van der Waals surface area contributed by atoms with Crippen LogP contribution in [0.5, 0.6) is 0 Å². The smallest absolute Gasteiger partial charge is 0.124 e. The lowest BCUT2D eigenvalue weighted by Crippen LogP contribution is -2.28. The van der Waals surface area contributed by atoms with Crippen LogP contribution in [0.15, 0.2) is 22.7 Å². The van der Waals surface area contributed by atoms with Crippen molar-refractivity contribution in [3.63, 3.8) is 0 Å². The number of likely N-dealkylation sites (tertiary alicyclic amines) is 1. The van der Waals surface area contributed by atoms with Gasteiger partial charge in [0.25, 0.3) is 0 Å². The van der Waals surface area contributed by atoms with E-state index in [2.05, 4.69) is 56.4 Å². The molecule has 0 bridgehead atoms. The van der Waals surface area contributed by atoms with Crippen LogP contribution in [0.25, 0.3) is 11.0 Å². The summed E-state index contributed by atoms with van der Waals surface area (Å²) in [4.78, 5) is 7.22. The predicted octanol–water partition coefficient (Wildman–Crippen LogP) is 4.27. The van der Waals surface area contributed by atoms with Gasteiger partial charge in [-0.1, -0.05) is 15.9 Å². The Balaban J connectivity index is 1.88. The first kappa shape index (κ1) is 15.3. The lowest BCUT2D eigenvalue weighted by Gasteiger charge is -2.20. The maximum atomic E-state index is 6.10. The van der Waals surface area contributed by atoms with Gasteiger partial charge in [0.2, 0.25) is 0 Å². The number of rotatable bonds is 4. The molecule has 0 spiro atoms. The Morgan fingerprint density at radius 3 is 2.90 bits per heavy atom. The van der Waals surface area contributed by atoms with Crippen molar-refractivity contribution in [3.05, 3.63) is 28.5 Å². The highest BCUT2D eigenvalue weighted by molar-refractivity contribution is 9.10. The molecular formula is C16H21BrClN3. The molecule has 0 saturated carbocycles. The van der Waals surface area contributed by atoms with Crippen LogP contribution < -0.4 is 0 Å². The Morgan fingerprint density at radius 2 is 2.24 bits per heavy atom. The van der Waals surface area contributed by atoms with E-state index in [9.17, 15) is 0 Å². The summed E-state index contributed by atoms with van der Waals surface area (Å²) in [6.07, 6.45) is 1.26. The Labute approximate surface area is 139 Å². The second-order valence-corrected chi connectivity index (χ2v) is 7.33. The first-order valence-electron chi connectivity index (χ1n) is 7.53. The molecule has 114 valence electrons. The molecule has 0 aliphatic carbocycles. The molecule has 2 heterocycles. The van der Waals surface area contributed by atoms with Crippen molar-refractivity contribution in [1.29, 1.82) is 0 Å². The summed E-state index contributed by atoms with van der Waals surface area (Å²) >= 11 is 9.66. The SMILES string of the molecule is CC(C)N1CCC(Cn2c(CCl)nc3ccc(Br)cc32)C1. The van der Waals surface area contributed by atoms with Crippen molar-refractivity contribution in [3.8, 4) is 0 Å². The van der Waals surface area contributed by atoms with Gasteiger partial charge in [-0.05, 0) is 50.9 Å². The fraction of sp³-hybridized carbons (Fsp3) is 0.562. The zero-order valence-electron chi connectivity index (χ0n) is 12.5. The highest BCUT2D eigenvalue weighted by Gasteiger charge is 2.25. The number of nitrogens with zero attached hydrogens (tertiary/aromatic N) is 3. The molecule has 1 aromatic heterocycles. The molecule has 3 nitrogen and oxygen atoms in total. The van der Waals surface area contributed by atoms with Gasteiger partial charge in [-0.25, -0.2) is 4.98 Å². The molecule has 1 aliphatic heterocycles. The van der Waals surface area contributed by atoms with Gasteiger partial charge in [0, 0.05) is 23.6 Å². The average Bonchev–Trinajstić information content (AvgIpc) is 3.05. The third kappa shape index (κ3) is 3.13. The van der Waals surface area contributed by atoms with E-state index in [4.69, 9.17) is 11.6 Å². The molecule has 3 rings (SSSR count). The minimum Gasteiger partial charge on any atom is -0.327 e. The van der Waals surface area contributed by atoms with Crippen molar-refractivity contribution in [2.24, 2.45) is 5.92 Å². The zero-order valence-corrected chi connectivity index (χ0v) is 14.9. The molecule has 1 unspecified atom stereocenters. The average molecular weight is 371 g/mol. The molecule has 1 atom stereocenters. The summed E-state index contributed by atoms with van der Waals surface area (Å²) in [5.74, 6) is 2.13. The molecule has 1 aromatic carbocycles. The van der Waals surface area contributed by atoms with Crippen LogP contribution >= 0.6 is 27.5 Å². The van der Waals surface area contributed by atoms with E-state index in [1.807, 2.05) is 6.07 Å². The highest BCUT2D eigenvalue weighted by atomic mass is 79.9. The Hall–Kier alpha value is -0.580. The predicted molar refractivity (Wildman–Crippen MR) is 91.8 cm³/mol. The number of hydrogen-bond acceptors (Lipinski definition) is 2. The van der Waals surface area contributed by atoms with E-state index >= 15 is 0 Å². The van der Waals surface area contributed by atoms with Crippen LogP contribution in [0.3, 0.4) is 0 Å². The molecule has 1 aliphatic rings. The second-order valence-electron chi connectivity index (χ2n) is 6.15. The van der Waals surface area contributed by atoms with Gasteiger partial charge in [0.15, 0.2) is 0 Å². The van der Waals surface area contributed by atoms with Gasteiger partial charge >= 0.3 is 0 Å². The van der Waals surface area contributed by atoms with E-state index in [1.54, 1.807) is 0 Å². The molecular weight excluding hydrogens is 350 g/mol. The van der Waals surface area contributed by atoms with Crippen molar-refractivity contribution < 1.29 is 0 Å². The lowest BCUT2D eigenvalue weighted by atomic mass is 10.1. The van der Waals surface area contributed by atoms with E-state index in [1.165, 1.54) is 25.0 Å². The van der Waals surface area contributed by atoms with Crippen molar-refractivity contribution in [1.82, 2.24) is 14.5 Å². The first-order chi connectivity index (χ1) is 10.1. The number of imidazole rings is 1. The Bertz CT molecular complexity index is 638. The van der Waals surface area contributed by atoms with Gasteiger partial charge in [-0.2, -0.15) is 0 Å². The van der Waals surface area contributed by atoms with Crippen molar-refractivity contribution in [2.45, 2.75) is 38.7 Å². The van der Waals surface area contributed by atoms with Crippen molar-refractivity contribution in [2.75, 3.05) is 13.1 Å². The molecule has 0 radical (unpaired) electrons. The number of fused-ring (bicyclic) bond motifs is 1. The van der Waals surface area contributed by atoms with Crippen LogP contribution in [0, 0.1) is 5.92 Å². The van der Waals surface area contributed by atoms with Gasteiger partial charge in [-0.15, -0.1) is 11.6 Å². The van der Waals surface area contributed by atoms with Gasteiger partial charge in [0.1, 0.15) is 5.82 Å². The summed E-state index contributed by atoms with van der Waals surface area (Å²) in [6.45, 7) is 7.94. The van der Waals surface area contributed by atoms with E-state index in [0.29, 0.717) is 17.8 Å². The number of halogens is 2. The molecule has 21 heavy (non-hydrogen) atoms. The lowest BCUT2D eigenvalue weighted by molar-refractivity contribution is 0.261. The summed E-state index contributed by atoms with van der Waals surface area (Å²) in [5.41, 5.74) is 2.22. The van der Waals surface area contributed by atoms with Gasteiger partial charge < -0.3 is 9.47 Å². The summed E-state index contributed by atoms with van der Waals surface area (Å²) in [5, 5.41) is 0. The maximum absolute atomic E-state index is 6.10. The van der Waals surface area contributed by atoms with Gasteiger partial charge in [-0.3, -0.25) is 0 Å². The third-order valence-corrected chi connectivity index (χ3v) is 5.13. The van der Waals surface area contributed by atoms with E-state index in [-0.39, 0.29) is 0 Å². The summed E-state index contributed by atoms with van der Waals surface area (Å²) < 4.78 is 3.40. The number of aromatic nitrogens is 2. The van der Waals surface area contributed by atoms with Gasteiger partial charge in [0.05, 0.1) is 16.9 Å². The maximum Gasteiger partial charge on any atom is 0.124 e. The molecule has 1 saturated heterocycles. The number of hydrogen-bond donors (Lipinski definition) is 0. The van der Waals surface area contributed by atoms with Crippen molar-refractivity contribution >= 4 is 38.6 Å². The van der Waals surface area contributed by atoms with Crippen LogP contribution in [-0.4, -0.2) is 33.6 Å². The highest BCUT2D eigenvalue weighted by Crippen LogP contribution is 2.26.